The summed E-state index contributed by atoms with van der Waals surface area (Å²) < 4.78 is 0. The summed E-state index contributed by atoms with van der Waals surface area (Å²) >= 11 is 5.36. The minimum absolute atomic E-state index is 0.193. The van der Waals surface area contributed by atoms with Crippen molar-refractivity contribution in [2.24, 2.45) is 4.99 Å². The predicted molar refractivity (Wildman–Crippen MR) is 108 cm³/mol. The third kappa shape index (κ3) is 4.65. The Labute approximate surface area is 151 Å². The molecule has 3 aromatic rings. The molecule has 0 aliphatic carbocycles. The summed E-state index contributed by atoms with van der Waals surface area (Å²) in [6, 6.07) is 24.4. The molecule has 0 heterocycles. The van der Waals surface area contributed by atoms with E-state index in [1.807, 2.05) is 60.7 Å². The lowest BCUT2D eigenvalue weighted by Gasteiger charge is -2.12. The van der Waals surface area contributed by atoms with E-state index in [9.17, 15) is 5.11 Å². The number of anilines is 2. The third-order valence-electron chi connectivity index (χ3n) is 3.46. The van der Waals surface area contributed by atoms with Crippen LogP contribution in [0.15, 0.2) is 83.9 Å². The number of phenols is 1. The van der Waals surface area contributed by atoms with Crippen molar-refractivity contribution >= 4 is 40.6 Å². The van der Waals surface area contributed by atoms with Crippen LogP contribution in [0.3, 0.4) is 0 Å². The van der Waals surface area contributed by atoms with Gasteiger partial charge in [0.15, 0.2) is 5.11 Å². The number of hydrogen-bond donors (Lipinski definition) is 3. The van der Waals surface area contributed by atoms with Crippen LogP contribution in [0.2, 0.25) is 0 Å². The van der Waals surface area contributed by atoms with E-state index in [0.717, 1.165) is 17.1 Å². The molecule has 0 fully saturated rings. The van der Waals surface area contributed by atoms with E-state index in [4.69, 9.17) is 12.2 Å². The largest absolute Gasteiger partial charge is 0.507 e. The fraction of sp³-hybridized carbons (Fsp3) is 0. The summed E-state index contributed by atoms with van der Waals surface area (Å²) in [5, 5.41) is 16.6. The Bertz CT molecular complexity index is 894. The van der Waals surface area contributed by atoms with Crippen LogP contribution in [0.1, 0.15) is 5.56 Å². The Hall–Kier alpha value is -3.18. The molecule has 3 N–H and O–H groups in total. The van der Waals surface area contributed by atoms with Gasteiger partial charge in [-0.3, -0.25) is 4.99 Å². The molecule has 0 spiro atoms. The highest BCUT2D eigenvalue weighted by atomic mass is 32.1. The van der Waals surface area contributed by atoms with Gasteiger partial charge in [0, 0.05) is 17.5 Å². The van der Waals surface area contributed by atoms with Gasteiger partial charge >= 0.3 is 0 Å². The molecule has 5 heteroatoms. The van der Waals surface area contributed by atoms with Gasteiger partial charge in [-0.2, -0.15) is 0 Å². The van der Waals surface area contributed by atoms with E-state index in [2.05, 4.69) is 15.6 Å². The van der Waals surface area contributed by atoms with Crippen LogP contribution in [0, 0.1) is 0 Å². The van der Waals surface area contributed by atoms with Crippen molar-refractivity contribution in [1.29, 1.82) is 0 Å². The molecule has 0 saturated carbocycles. The van der Waals surface area contributed by atoms with Crippen LogP contribution in [-0.4, -0.2) is 16.4 Å². The Kier molecular flexibility index (Phi) is 5.39. The molecule has 0 radical (unpaired) electrons. The van der Waals surface area contributed by atoms with Crippen molar-refractivity contribution in [2.75, 3.05) is 10.6 Å². The smallest absolute Gasteiger partial charge is 0.175 e. The van der Waals surface area contributed by atoms with Crippen molar-refractivity contribution in [2.45, 2.75) is 0 Å². The topological polar surface area (TPSA) is 56.7 Å². The summed E-state index contributed by atoms with van der Waals surface area (Å²) in [7, 11) is 0. The van der Waals surface area contributed by atoms with Crippen molar-refractivity contribution in [1.82, 2.24) is 0 Å². The zero-order valence-corrected chi connectivity index (χ0v) is 14.2. The van der Waals surface area contributed by atoms with Gasteiger partial charge < -0.3 is 15.7 Å². The van der Waals surface area contributed by atoms with E-state index in [0.29, 0.717) is 10.7 Å². The van der Waals surface area contributed by atoms with Gasteiger partial charge in [0.1, 0.15) is 5.75 Å². The molecule has 0 atom stereocenters. The van der Waals surface area contributed by atoms with Crippen LogP contribution >= 0.6 is 12.2 Å². The monoisotopic (exact) mass is 347 g/mol. The molecule has 0 unspecified atom stereocenters. The number of phenolic OH excluding ortho intramolecular Hbond substituents is 1. The van der Waals surface area contributed by atoms with Crippen LogP contribution in [-0.2, 0) is 0 Å². The molecule has 0 amide bonds. The lowest BCUT2D eigenvalue weighted by atomic mass is 10.2. The number of aliphatic imine (C=N–C) groups is 1. The van der Waals surface area contributed by atoms with Crippen LogP contribution in [0.5, 0.6) is 5.75 Å². The standard InChI is InChI=1S/C20H17N3OS/c24-19-13-7-4-8-15(19)14-21-17-11-5-6-12-18(17)23-20(25)22-16-9-2-1-3-10-16/h1-14,24H,(H2,22,23,25). The lowest BCUT2D eigenvalue weighted by molar-refractivity contribution is 0.474. The van der Waals surface area contributed by atoms with Crippen molar-refractivity contribution in [3.63, 3.8) is 0 Å². The average Bonchev–Trinajstić information content (AvgIpc) is 2.63. The quantitative estimate of drug-likeness (QED) is 0.462. The van der Waals surface area contributed by atoms with Gasteiger partial charge in [-0.25, -0.2) is 0 Å². The first-order valence-corrected chi connectivity index (χ1v) is 8.17. The SMILES string of the molecule is Oc1ccccc1C=Nc1ccccc1NC(=S)Nc1ccccc1. The lowest BCUT2D eigenvalue weighted by Crippen LogP contribution is -2.19. The Morgan fingerprint density at radius 3 is 2.32 bits per heavy atom. The van der Waals surface area contributed by atoms with Crippen LogP contribution in [0.25, 0.3) is 0 Å². The highest BCUT2D eigenvalue weighted by Gasteiger charge is 2.03. The molecule has 0 bridgehead atoms. The average molecular weight is 347 g/mol. The Balaban J connectivity index is 1.75. The van der Waals surface area contributed by atoms with Gasteiger partial charge in [0.25, 0.3) is 0 Å². The predicted octanol–water partition coefficient (Wildman–Crippen LogP) is 4.95. The number of hydrogen-bond acceptors (Lipinski definition) is 3. The molecular formula is C20H17N3OS. The van der Waals surface area contributed by atoms with Crippen molar-refractivity contribution in [3.8, 4) is 5.75 Å². The number of para-hydroxylation sites is 4. The molecule has 3 aromatic carbocycles. The molecular weight excluding hydrogens is 330 g/mol. The minimum atomic E-state index is 0.193. The second kappa shape index (κ2) is 8.08. The van der Waals surface area contributed by atoms with E-state index in [1.165, 1.54) is 0 Å². The Morgan fingerprint density at radius 1 is 0.840 bits per heavy atom. The maximum atomic E-state index is 9.83. The van der Waals surface area contributed by atoms with Crippen LogP contribution in [0.4, 0.5) is 17.1 Å². The summed E-state index contributed by atoms with van der Waals surface area (Å²) in [4.78, 5) is 4.46. The number of thiocarbonyl (C=S) groups is 1. The van der Waals surface area contributed by atoms with Crippen molar-refractivity contribution in [3.05, 3.63) is 84.4 Å². The van der Waals surface area contributed by atoms with Crippen LogP contribution < -0.4 is 10.6 Å². The number of rotatable bonds is 4. The van der Waals surface area contributed by atoms with E-state index in [-0.39, 0.29) is 5.75 Å². The summed E-state index contributed by atoms with van der Waals surface area (Å²) in [5.41, 5.74) is 3.07. The number of aromatic hydroxyl groups is 1. The molecule has 0 aromatic heterocycles. The highest BCUT2D eigenvalue weighted by Crippen LogP contribution is 2.25. The molecule has 4 nitrogen and oxygen atoms in total. The van der Waals surface area contributed by atoms with Gasteiger partial charge in [0.05, 0.1) is 11.4 Å². The zero-order chi connectivity index (χ0) is 17.5. The van der Waals surface area contributed by atoms with E-state index < -0.39 is 0 Å². The fourth-order valence-corrected chi connectivity index (χ4v) is 2.46. The normalized spacial score (nSPS) is 10.6. The first kappa shape index (κ1) is 16.7. The molecule has 0 aliphatic rings. The maximum absolute atomic E-state index is 9.83. The Morgan fingerprint density at radius 2 is 1.52 bits per heavy atom. The molecule has 3 rings (SSSR count). The second-order valence-corrected chi connectivity index (χ2v) is 5.69. The summed E-state index contributed by atoms with van der Waals surface area (Å²) in [5.74, 6) is 0.193. The number of benzene rings is 3. The first-order chi connectivity index (χ1) is 12.2. The van der Waals surface area contributed by atoms with E-state index in [1.54, 1.807) is 24.4 Å². The number of nitrogens with zero attached hydrogens (tertiary/aromatic N) is 1. The first-order valence-electron chi connectivity index (χ1n) is 7.76. The third-order valence-corrected chi connectivity index (χ3v) is 3.67. The highest BCUT2D eigenvalue weighted by molar-refractivity contribution is 7.80. The van der Waals surface area contributed by atoms with E-state index >= 15 is 0 Å². The van der Waals surface area contributed by atoms with Gasteiger partial charge in [-0.1, -0.05) is 42.5 Å². The minimum Gasteiger partial charge on any atom is -0.507 e. The summed E-state index contributed by atoms with van der Waals surface area (Å²) in [6.45, 7) is 0. The fourth-order valence-electron chi connectivity index (χ4n) is 2.23. The number of nitrogens with one attached hydrogen (secondary N) is 2. The van der Waals surface area contributed by atoms with Crippen molar-refractivity contribution < 1.29 is 5.11 Å². The second-order valence-electron chi connectivity index (χ2n) is 5.28. The molecule has 0 saturated heterocycles. The zero-order valence-electron chi connectivity index (χ0n) is 13.4. The van der Waals surface area contributed by atoms with Gasteiger partial charge in [-0.15, -0.1) is 0 Å². The maximum Gasteiger partial charge on any atom is 0.175 e. The molecule has 0 aliphatic heterocycles. The molecule has 25 heavy (non-hydrogen) atoms. The molecule has 124 valence electrons. The van der Waals surface area contributed by atoms with Gasteiger partial charge in [0.2, 0.25) is 0 Å². The summed E-state index contributed by atoms with van der Waals surface area (Å²) in [6.07, 6.45) is 1.63. The van der Waals surface area contributed by atoms with Gasteiger partial charge in [-0.05, 0) is 48.6 Å².